The Kier molecular flexibility index (Phi) is 3.04. The molecule has 3 aliphatic heterocycles. The summed E-state index contributed by atoms with van der Waals surface area (Å²) >= 11 is 0. The Morgan fingerprint density at radius 1 is 1.12 bits per heavy atom. The van der Waals surface area contributed by atoms with Crippen LogP contribution in [0.3, 0.4) is 0 Å². The van der Waals surface area contributed by atoms with Crippen molar-refractivity contribution >= 4 is 33.9 Å². The van der Waals surface area contributed by atoms with Crippen molar-refractivity contribution in [2.45, 2.75) is 18.8 Å². The van der Waals surface area contributed by atoms with Crippen molar-refractivity contribution in [1.29, 1.82) is 0 Å². The molecule has 0 spiro atoms. The van der Waals surface area contributed by atoms with Gasteiger partial charge in [-0.1, -0.05) is 0 Å². The van der Waals surface area contributed by atoms with Gasteiger partial charge in [0, 0.05) is 52.5 Å². The second-order valence-corrected chi connectivity index (χ2v) is 6.99. The molecule has 2 aromatic carbocycles. The first-order chi connectivity index (χ1) is 12.2. The highest BCUT2D eigenvalue weighted by molar-refractivity contribution is 6.08. The van der Waals surface area contributed by atoms with E-state index < -0.39 is 0 Å². The minimum Gasteiger partial charge on any atom is -0.399 e. The number of piperidine rings is 1. The predicted molar refractivity (Wildman–Crippen MR) is 101 cm³/mol. The van der Waals surface area contributed by atoms with Gasteiger partial charge in [-0.15, -0.1) is 0 Å². The fraction of sp³-hybridized carbons (Fsp3) is 0.250. The number of carbonyl (C=O) groups excluding carboxylic acids is 1. The van der Waals surface area contributed by atoms with E-state index in [-0.39, 0.29) is 5.91 Å². The Bertz CT molecular complexity index is 965. The zero-order valence-corrected chi connectivity index (χ0v) is 13.9. The zero-order valence-electron chi connectivity index (χ0n) is 13.9. The Balaban J connectivity index is 1.51. The van der Waals surface area contributed by atoms with Crippen molar-refractivity contribution in [3.8, 4) is 0 Å². The third-order valence-corrected chi connectivity index (χ3v) is 5.45. The molecule has 0 atom stereocenters. The third-order valence-electron chi connectivity index (χ3n) is 5.45. The van der Waals surface area contributed by atoms with E-state index in [4.69, 9.17) is 5.73 Å². The van der Waals surface area contributed by atoms with Gasteiger partial charge in [0.1, 0.15) is 0 Å². The van der Waals surface area contributed by atoms with Gasteiger partial charge in [0.15, 0.2) is 0 Å². The van der Waals surface area contributed by atoms with Crippen LogP contribution in [0.15, 0.2) is 42.5 Å². The Morgan fingerprint density at radius 2 is 1.88 bits per heavy atom. The maximum absolute atomic E-state index is 12.6. The number of amides is 1. The molecule has 0 saturated carbocycles. The Hall–Kier alpha value is -2.95. The van der Waals surface area contributed by atoms with Crippen LogP contribution in [-0.4, -0.2) is 24.0 Å². The molecule has 0 unspecified atom stereocenters. The number of aromatic nitrogens is 1. The summed E-state index contributed by atoms with van der Waals surface area (Å²) in [5, 5.41) is 4.09. The molecule has 0 aliphatic carbocycles. The summed E-state index contributed by atoms with van der Waals surface area (Å²) in [6, 6.07) is 13.1. The van der Waals surface area contributed by atoms with Crippen LogP contribution in [0.5, 0.6) is 0 Å². The topological polar surface area (TPSA) is 74.1 Å². The highest BCUT2D eigenvalue weighted by atomic mass is 16.1. The number of hydrogen-bond acceptors (Lipinski definition) is 3. The number of hydrogen-bond donors (Lipinski definition) is 3. The number of nitrogens with two attached hydrogens (primary N) is 1. The summed E-state index contributed by atoms with van der Waals surface area (Å²) in [4.78, 5) is 18.7. The first-order valence-electron chi connectivity index (χ1n) is 8.76. The van der Waals surface area contributed by atoms with Crippen LogP contribution in [0.4, 0.5) is 17.1 Å². The van der Waals surface area contributed by atoms with Gasteiger partial charge in [-0.3, -0.25) is 4.79 Å². The summed E-state index contributed by atoms with van der Waals surface area (Å²) in [5.74, 6) is 0.539. The summed E-state index contributed by atoms with van der Waals surface area (Å²) < 4.78 is 0. The fourth-order valence-electron chi connectivity index (χ4n) is 4.14. The molecule has 2 bridgehead atoms. The number of benzene rings is 2. The van der Waals surface area contributed by atoms with E-state index in [0.29, 0.717) is 17.2 Å². The molecule has 4 N–H and O–H groups in total. The molecule has 1 fully saturated rings. The van der Waals surface area contributed by atoms with Gasteiger partial charge in [0.25, 0.3) is 5.91 Å². The molecule has 1 saturated heterocycles. The van der Waals surface area contributed by atoms with E-state index in [1.165, 1.54) is 24.2 Å². The molecule has 4 heterocycles. The van der Waals surface area contributed by atoms with Crippen LogP contribution in [0, 0.1) is 0 Å². The molecule has 126 valence electrons. The smallest absolute Gasteiger partial charge is 0.255 e. The van der Waals surface area contributed by atoms with Crippen LogP contribution in [0.25, 0.3) is 10.9 Å². The van der Waals surface area contributed by atoms with Crippen LogP contribution in [0.2, 0.25) is 0 Å². The summed E-state index contributed by atoms with van der Waals surface area (Å²) in [5.41, 5.74) is 11.6. The lowest BCUT2D eigenvalue weighted by Crippen LogP contribution is -2.38. The summed E-state index contributed by atoms with van der Waals surface area (Å²) in [7, 11) is 0. The van der Waals surface area contributed by atoms with E-state index in [2.05, 4.69) is 15.2 Å². The Labute approximate surface area is 145 Å². The molecule has 3 aromatic rings. The van der Waals surface area contributed by atoms with Crippen LogP contribution < -0.4 is 16.0 Å². The second kappa shape index (κ2) is 5.28. The minimum absolute atomic E-state index is 0.0995. The van der Waals surface area contributed by atoms with Crippen molar-refractivity contribution < 1.29 is 4.79 Å². The lowest BCUT2D eigenvalue weighted by molar-refractivity contribution is 0.102. The average molecular weight is 332 g/mol. The van der Waals surface area contributed by atoms with Gasteiger partial charge in [-0.25, -0.2) is 0 Å². The van der Waals surface area contributed by atoms with E-state index >= 15 is 0 Å². The molecule has 1 amide bonds. The number of rotatable bonds is 2. The van der Waals surface area contributed by atoms with Crippen molar-refractivity contribution in [2.75, 3.05) is 29.0 Å². The number of nitrogen functional groups attached to an aromatic ring is 1. The maximum atomic E-state index is 12.6. The van der Waals surface area contributed by atoms with Gasteiger partial charge < -0.3 is 20.9 Å². The predicted octanol–water partition coefficient (Wildman–Crippen LogP) is 3.70. The monoisotopic (exact) mass is 332 g/mol. The lowest BCUT2D eigenvalue weighted by Gasteiger charge is -2.40. The van der Waals surface area contributed by atoms with Crippen LogP contribution in [0.1, 0.15) is 34.8 Å². The van der Waals surface area contributed by atoms with Crippen molar-refractivity contribution in [1.82, 2.24) is 4.98 Å². The van der Waals surface area contributed by atoms with Gasteiger partial charge >= 0.3 is 0 Å². The number of nitrogens with zero attached hydrogens (tertiary/aromatic N) is 1. The normalized spacial score (nSPS) is 16.2. The van der Waals surface area contributed by atoms with Crippen molar-refractivity contribution in [3.05, 3.63) is 53.7 Å². The molecule has 1 aromatic heterocycles. The molecule has 5 nitrogen and oxygen atoms in total. The first-order valence-corrected chi connectivity index (χ1v) is 8.76. The number of fused-ring (bicyclic) bond motifs is 3. The van der Waals surface area contributed by atoms with Gasteiger partial charge in [0.2, 0.25) is 0 Å². The molecule has 3 aliphatic rings. The zero-order chi connectivity index (χ0) is 17.0. The SMILES string of the molecule is Nc1ccc(NC(=O)c2ccc3[nH]c4c(c3c2)N2CCC4CC2)cc1. The fourth-order valence-corrected chi connectivity index (χ4v) is 4.14. The quantitative estimate of drug-likeness (QED) is 0.626. The third kappa shape index (κ3) is 2.27. The van der Waals surface area contributed by atoms with E-state index in [9.17, 15) is 4.79 Å². The minimum atomic E-state index is -0.0995. The number of carbonyl (C=O) groups is 1. The number of nitrogens with one attached hydrogen (secondary N) is 2. The number of anilines is 3. The van der Waals surface area contributed by atoms with E-state index in [1.54, 1.807) is 12.1 Å². The summed E-state index contributed by atoms with van der Waals surface area (Å²) in [6.45, 7) is 2.24. The average Bonchev–Trinajstić information content (AvgIpc) is 3.05. The maximum Gasteiger partial charge on any atom is 0.255 e. The molecule has 6 rings (SSSR count). The molecule has 5 heteroatoms. The number of aromatic amines is 1. The second-order valence-electron chi connectivity index (χ2n) is 6.99. The van der Waals surface area contributed by atoms with Gasteiger partial charge in [-0.2, -0.15) is 0 Å². The summed E-state index contributed by atoms with van der Waals surface area (Å²) in [6.07, 6.45) is 2.45. The first kappa shape index (κ1) is 14.4. The van der Waals surface area contributed by atoms with E-state index in [1.807, 2.05) is 30.3 Å². The van der Waals surface area contributed by atoms with Crippen molar-refractivity contribution in [2.24, 2.45) is 0 Å². The van der Waals surface area contributed by atoms with E-state index in [0.717, 1.165) is 29.7 Å². The lowest BCUT2D eigenvalue weighted by atomic mass is 9.87. The Morgan fingerprint density at radius 3 is 2.64 bits per heavy atom. The highest BCUT2D eigenvalue weighted by Gasteiger charge is 2.33. The van der Waals surface area contributed by atoms with Gasteiger partial charge in [-0.05, 0) is 55.3 Å². The molecule has 25 heavy (non-hydrogen) atoms. The largest absolute Gasteiger partial charge is 0.399 e. The van der Waals surface area contributed by atoms with Crippen LogP contribution >= 0.6 is 0 Å². The van der Waals surface area contributed by atoms with Crippen molar-refractivity contribution in [3.63, 3.8) is 0 Å². The number of H-pyrrole nitrogens is 1. The molecular formula is C20H20N4O. The van der Waals surface area contributed by atoms with Crippen LogP contribution in [-0.2, 0) is 0 Å². The molecular weight excluding hydrogens is 312 g/mol. The van der Waals surface area contributed by atoms with Gasteiger partial charge in [0.05, 0.1) is 5.69 Å². The molecule has 0 radical (unpaired) electrons. The highest BCUT2D eigenvalue weighted by Crippen LogP contribution is 2.45. The standard InChI is InChI=1S/C20H20N4O/c21-14-2-4-15(5-3-14)22-20(25)13-1-6-17-16(11-13)19-18(23-17)12-7-9-24(19)10-8-12/h1-6,11-12,23H,7-10,21H2,(H,22,25).